The van der Waals surface area contributed by atoms with Crippen LogP contribution < -0.4 is 5.32 Å². The normalized spacial score (nSPS) is 13.1. The Morgan fingerprint density at radius 2 is 2.00 bits per heavy atom. The fraction of sp³-hybridized carbons (Fsp3) is 0.167. The smallest absolute Gasteiger partial charge is 0.216 e. The van der Waals surface area contributed by atoms with Crippen LogP contribution in [0.4, 0.5) is 11.4 Å². The second-order valence-electron chi connectivity index (χ2n) is 5.73. The molecule has 25 heavy (non-hydrogen) atoms. The summed E-state index contributed by atoms with van der Waals surface area (Å²) in [5.41, 5.74) is 4.18. The molecule has 2 heterocycles. The van der Waals surface area contributed by atoms with Gasteiger partial charge in [-0.15, -0.1) is 0 Å². The van der Waals surface area contributed by atoms with Gasteiger partial charge in [0.1, 0.15) is 0 Å². The molecule has 0 bridgehead atoms. The number of para-hydroxylation sites is 1. The molecular weight excluding hydrogens is 350 g/mol. The van der Waals surface area contributed by atoms with Gasteiger partial charge in [0.25, 0.3) is 0 Å². The van der Waals surface area contributed by atoms with Crippen LogP contribution in [0.5, 0.6) is 0 Å². The highest BCUT2D eigenvalue weighted by Crippen LogP contribution is 2.44. The van der Waals surface area contributed by atoms with Gasteiger partial charge in [-0.05, 0) is 49.0 Å². The van der Waals surface area contributed by atoms with Crippen LogP contribution in [-0.4, -0.2) is 20.6 Å². The molecule has 1 aliphatic rings. The van der Waals surface area contributed by atoms with E-state index in [0.717, 1.165) is 34.9 Å². The highest BCUT2D eigenvalue weighted by Gasteiger charge is 2.16. The molecule has 0 unspecified atom stereocenters. The van der Waals surface area contributed by atoms with E-state index in [2.05, 4.69) is 57.0 Å². The highest BCUT2D eigenvalue weighted by atomic mass is 32.2. The second kappa shape index (κ2) is 6.50. The summed E-state index contributed by atoms with van der Waals surface area (Å²) in [4.78, 5) is 2.45. The molecule has 0 fully saturated rings. The van der Waals surface area contributed by atoms with E-state index in [4.69, 9.17) is 12.2 Å². The SMILES string of the molecule is CCc1n[nH]c(=S)n1N=C(C)c1ccc2c(c1)Nc1ccccc1S2. The number of hydrogen-bond acceptors (Lipinski definition) is 5. The Kier molecular flexibility index (Phi) is 4.19. The van der Waals surface area contributed by atoms with Gasteiger partial charge in [0.05, 0.1) is 17.1 Å². The maximum Gasteiger partial charge on any atom is 0.216 e. The average Bonchev–Trinajstić information content (AvgIpc) is 2.99. The van der Waals surface area contributed by atoms with Gasteiger partial charge in [-0.25, -0.2) is 0 Å². The summed E-state index contributed by atoms with van der Waals surface area (Å²) in [6.07, 6.45) is 0.767. The number of aromatic nitrogens is 3. The second-order valence-corrected chi connectivity index (χ2v) is 7.20. The summed E-state index contributed by atoms with van der Waals surface area (Å²) in [6, 6.07) is 14.7. The van der Waals surface area contributed by atoms with Crippen molar-refractivity contribution in [1.29, 1.82) is 0 Å². The van der Waals surface area contributed by atoms with Crippen molar-refractivity contribution in [3.05, 3.63) is 58.6 Å². The van der Waals surface area contributed by atoms with Crippen molar-refractivity contribution in [3.8, 4) is 0 Å². The van der Waals surface area contributed by atoms with Crippen LogP contribution >= 0.6 is 24.0 Å². The molecule has 0 spiro atoms. The predicted molar refractivity (Wildman–Crippen MR) is 105 cm³/mol. The molecule has 2 N–H and O–H groups in total. The highest BCUT2D eigenvalue weighted by molar-refractivity contribution is 7.99. The quantitative estimate of drug-likeness (QED) is 0.396. The summed E-state index contributed by atoms with van der Waals surface area (Å²) in [5.74, 6) is 0.824. The van der Waals surface area contributed by atoms with E-state index >= 15 is 0 Å². The summed E-state index contributed by atoms with van der Waals surface area (Å²) in [5, 5.41) is 15.2. The number of benzene rings is 2. The van der Waals surface area contributed by atoms with E-state index in [-0.39, 0.29) is 0 Å². The van der Waals surface area contributed by atoms with Gasteiger partial charge >= 0.3 is 0 Å². The van der Waals surface area contributed by atoms with Gasteiger partial charge in [0.15, 0.2) is 5.82 Å². The van der Waals surface area contributed by atoms with Crippen molar-refractivity contribution in [1.82, 2.24) is 14.9 Å². The van der Waals surface area contributed by atoms with Gasteiger partial charge in [0, 0.05) is 16.2 Å². The molecular formula is C18H17N5S2. The lowest BCUT2D eigenvalue weighted by atomic mass is 10.1. The third kappa shape index (κ3) is 3.01. The predicted octanol–water partition coefficient (Wildman–Crippen LogP) is 4.98. The molecule has 1 aromatic heterocycles. The number of aromatic amines is 1. The third-order valence-electron chi connectivity index (χ3n) is 4.06. The Morgan fingerprint density at radius 3 is 2.84 bits per heavy atom. The van der Waals surface area contributed by atoms with E-state index in [0.29, 0.717) is 4.77 Å². The van der Waals surface area contributed by atoms with Crippen molar-refractivity contribution < 1.29 is 0 Å². The van der Waals surface area contributed by atoms with E-state index < -0.39 is 0 Å². The molecule has 0 radical (unpaired) electrons. The molecule has 0 saturated heterocycles. The molecule has 0 amide bonds. The van der Waals surface area contributed by atoms with Gasteiger partial charge in [-0.1, -0.05) is 36.9 Å². The molecule has 7 heteroatoms. The van der Waals surface area contributed by atoms with Crippen LogP contribution in [0, 0.1) is 4.77 Å². The lowest BCUT2D eigenvalue weighted by Crippen LogP contribution is -2.05. The Hall–Kier alpha value is -2.38. The standard InChI is InChI=1S/C18H17N5S2/c1-3-17-20-21-18(24)23(17)22-11(2)12-8-9-16-14(10-12)19-13-6-4-5-7-15(13)25-16/h4-10,19H,3H2,1-2H3,(H,21,24). The monoisotopic (exact) mass is 367 g/mol. The van der Waals surface area contributed by atoms with Crippen molar-refractivity contribution in [3.63, 3.8) is 0 Å². The zero-order valence-electron chi connectivity index (χ0n) is 13.9. The minimum Gasteiger partial charge on any atom is -0.354 e. The van der Waals surface area contributed by atoms with Crippen molar-refractivity contribution >= 4 is 41.1 Å². The molecule has 1 aliphatic heterocycles. The van der Waals surface area contributed by atoms with Crippen LogP contribution in [-0.2, 0) is 6.42 Å². The van der Waals surface area contributed by atoms with Crippen LogP contribution in [0.15, 0.2) is 57.4 Å². The van der Waals surface area contributed by atoms with E-state index in [1.165, 1.54) is 9.79 Å². The molecule has 0 atom stereocenters. The molecule has 2 aromatic carbocycles. The van der Waals surface area contributed by atoms with E-state index in [9.17, 15) is 0 Å². The molecule has 126 valence electrons. The van der Waals surface area contributed by atoms with E-state index in [1.54, 1.807) is 16.4 Å². The number of H-pyrrole nitrogens is 1. The van der Waals surface area contributed by atoms with E-state index in [1.807, 2.05) is 19.9 Å². The third-order valence-corrected chi connectivity index (χ3v) is 5.47. The zero-order chi connectivity index (χ0) is 17.4. The maximum absolute atomic E-state index is 5.27. The van der Waals surface area contributed by atoms with Gasteiger partial charge in [-0.3, -0.25) is 5.10 Å². The Balaban J connectivity index is 1.70. The molecule has 0 saturated carbocycles. The van der Waals surface area contributed by atoms with Crippen LogP contribution in [0.2, 0.25) is 0 Å². The number of nitrogens with one attached hydrogen (secondary N) is 2. The Labute approximate surface area is 155 Å². The number of hydrogen-bond donors (Lipinski definition) is 2. The van der Waals surface area contributed by atoms with Gasteiger partial charge in [-0.2, -0.15) is 14.9 Å². The lowest BCUT2D eigenvalue weighted by Gasteiger charge is -2.21. The largest absolute Gasteiger partial charge is 0.354 e. The average molecular weight is 368 g/mol. The van der Waals surface area contributed by atoms with Crippen molar-refractivity contribution in [2.75, 3.05) is 5.32 Å². The maximum atomic E-state index is 5.27. The first-order valence-corrected chi connectivity index (χ1v) is 9.28. The first-order chi connectivity index (χ1) is 12.2. The van der Waals surface area contributed by atoms with Gasteiger partial charge < -0.3 is 5.32 Å². The summed E-state index contributed by atoms with van der Waals surface area (Å²) >= 11 is 7.05. The fourth-order valence-electron chi connectivity index (χ4n) is 2.73. The van der Waals surface area contributed by atoms with Crippen LogP contribution in [0.25, 0.3) is 0 Å². The Morgan fingerprint density at radius 1 is 1.20 bits per heavy atom. The number of aryl methyl sites for hydroxylation is 1. The zero-order valence-corrected chi connectivity index (χ0v) is 15.5. The van der Waals surface area contributed by atoms with Crippen LogP contribution in [0.3, 0.4) is 0 Å². The number of fused-ring (bicyclic) bond motifs is 2. The first kappa shape index (κ1) is 16.1. The van der Waals surface area contributed by atoms with Crippen LogP contribution in [0.1, 0.15) is 25.2 Å². The number of nitrogens with zero attached hydrogens (tertiary/aromatic N) is 3. The minimum absolute atomic E-state index is 0.511. The number of anilines is 2. The summed E-state index contributed by atoms with van der Waals surface area (Å²) in [7, 11) is 0. The van der Waals surface area contributed by atoms with Gasteiger partial charge in [0.2, 0.25) is 4.77 Å². The topological polar surface area (TPSA) is 58.0 Å². The molecule has 3 aromatic rings. The number of rotatable bonds is 3. The molecule has 4 rings (SSSR count). The Bertz CT molecular complexity index is 1030. The molecule has 5 nitrogen and oxygen atoms in total. The lowest BCUT2D eigenvalue weighted by molar-refractivity contribution is 0.776. The first-order valence-electron chi connectivity index (χ1n) is 8.06. The van der Waals surface area contributed by atoms with Crippen molar-refractivity contribution in [2.24, 2.45) is 5.10 Å². The van der Waals surface area contributed by atoms with Crippen molar-refractivity contribution in [2.45, 2.75) is 30.1 Å². The summed E-state index contributed by atoms with van der Waals surface area (Å²) in [6.45, 7) is 4.02. The fourth-order valence-corrected chi connectivity index (χ4v) is 3.89. The summed E-state index contributed by atoms with van der Waals surface area (Å²) < 4.78 is 2.21. The molecule has 0 aliphatic carbocycles. The minimum atomic E-state index is 0.511.